The Labute approximate surface area is 85.1 Å². The lowest BCUT2D eigenvalue weighted by Crippen LogP contribution is -2.28. The van der Waals surface area contributed by atoms with E-state index in [1.165, 1.54) is 31.2 Å². The van der Waals surface area contributed by atoms with Crippen molar-refractivity contribution in [2.45, 2.75) is 37.2 Å². The van der Waals surface area contributed by atoms with Crippen LogP contribution in [-0.4, -0.2) is 12.7 Å². The van der Waals surface area contributed by atoms with Crippen LogP contribution >= 0.6 is 0 Å². The fourth-order valence-corrected chi connectivity index (χ4v) is 2.94. The number of hydrogen-bond acceptors (Lipinski definition) is 1. The van der Waals surface area contributed by atoms with Gasteiger partial charge in [0.2, 0.25) is 0 Å². The zero-order valence-electron chi connectivity index (χ0n) is 8.41. The van der Waals surface area contributed by atoms with E-state index in [0.717, 1.165) is 6.61 Å². The van der Waals surface area contributed by atoms with Gasteiger partial charge in [-0.3, -0.25) is 0 Å². The largest absolute Gasteiger partial charge is 0.372 e. The van der Waals surface area contributed by atoms with Gasteiger partial charge in [0.25, 0.3) is 0 Å². The fourth-order valence-electron chi connectivity index (χ4n) is 2.94. The summed E-state index contributed by atoms with van der Waals surface area (Å²) in [5, 5.41) is 0. The Bertz CT molecular complexity index is 307. The molecule has 0 radical (unpaired) electrons. The van der Waals surface area contributed by atoms with Gasteiger partial charge in [0.15, 0.2) is 0 Å². The van der Waals surface area contributed by atoms with Crippen molar-refractivity contribution in [2.75, 3.05) is 6.61 Å². The average molecular weight is 188 g/mol. The molecule has 1 saturated carbocycles. The lowest BCUT2D eigenvalue weighted by Gasteiger charge is -2.27. The summed E-state index contributed by atoms with van der Waals surface area (Å²) in [6, 6.07) is 10.9. The molecular weight excluding hydrogens is 172 g/mol. The summed E-state index contributed by atoms with van der Waals surface area (Å²) in [4.78, 5) is 0. The van der Waals surface area contributed by atoms with E-state index in [0.29, 0.717) is 11.5 Å². The van der Waals surface area contributed by atoms with E-state index in [9.17, 15) is 0 Å². The molecule has 0 unspecified atom stereocenters. The predicted molar refractivity (Wildman–Crippen MR) is 56.3 cm³/mol. The molecule has 1 aliphatic heterocycles. The minimum Gasteiger partial charge on any atom is -0.372 e. The highest BCUT2D eigenvalue weighted by molar-refractivity contribution is 5.30. The zero-order valence-corrected chi connectivity index (χ0v) is 8.41. The van der Waals surface area contributed by atoms with Crippen LogP contribution in [-0.2, 0) is 10.2 Å². The van der Waals surface area contributed by atoms with Gasteiger partial charge in [0.1, 0.15) is 0 Å². The summed E-state index contributed by atoms with van der Waals surface area (Å²) in [5.74, 6) is 0. The van der Waals surface area contributed by atoms with Gasteiger partial charge < -0.3 is 4.74 Å². The third kappa shape index (κ3) is 1.19. The number of hydrogen-bond donors (Lipinski definition) is 0. The Morgan fingerprint density at radius 2 is 1.71 bits per heavy atom. The molecule has 74 valence electrons. The number of epoxide rings is 1. The van der Waals surface area contributed by atoms with E-state index in [4.69, 9.17) is 4.74 Å². The van der Waals surface area contributed by atoms with E-state index in [-0.39, 0.29) is 0 Å². The van der Waals surface area contributed by atoms with E-state index in [1.54, 1.807) is 0 Å². The van der Waals surface area contributed by atoms with E-state index in [2.05, 4.69) is 30.3 Å². The predicted octanol–water partition coefficient (Wildman–Crippen LogP) is 2.90. The first kappa shape index (κ1) is 8.49. The number of ether oxygens (including phenoxy) is 1. The molecule has 0 bridgehead atoms. The second kappa shape index (κ2) is 3.09. The van der Waals surface area contributed by atoms with E-state index >= 15 is 0 Å². The van der Waals surface area contributed by atoms with E-state index in [1.807, 2.05) is 0 Å². The van der Waals surface area contributed by atoms with Crippen molar-refractivity contribution in [1.29, 1.82) is 0 Å². The maximum absolute atomic E-state index is 5.55. The van der Waals surface area contributed by atoms with E-state index < -0.39 is 0 Å². The second-order valence-electron chi connectivity index (χ2n) is 4.55. The molecule has 0 N–H and O–H groups in total. The van der Waals surface area contributed by atoms with Gasteiger partial charge in [0, 0.05) is 5.41 Å². The van der Waals surface area contributed by atoms with Gasteiger partial charge in [0.05, 0.1) is 12.7 Å². The second-order valence-corrected chi connectivity index (χ2v) is 4.55. The molecule has 1 heterocycles. The van der Waals surface area contributed by atoms with Crippen LogP contribution in [0, 0.1) is 0 Å². The van der Waals surface area contributed by atoms with Crippen molar-refractivity contribution < 1.29 is 4.74 Å². The van der Waals surface area contributed by atoms with Crippen molar-refractivity contribution >= 4 is 0 Å². The summed E-state index contributed by atoms with van der Waals surface area (Å²) in [7, 11) is 0. The standard InChI is InChI=1S/C13H16O/c1-2-6-11(7-3-1)13(12-10-14-12)8-4-5-9-13/h1-3,6-7,12H,4-5,8-10H2/t12-/m0/s1. The highest BCUT2D eigenvalue weighted by atomic mass is 16.6. The Morgan fingerprint density at radius 1 is 1.07 bits per heavy atom. The number of rotatable bonds is 2. The maximum atomic E-state index is 5.55. The van der Waals surface area contributed by atoms with Gasteiger partial charge in [-0.2, -0.15) is 0 Å². The molecule has 1 aromatic rings. The normalized spacial score (nSPS) is 29.0. The van der Waals surface area contributed by atoms with Crippen molar-refractivity contribution in [3.63, 3.8) is 0 Å². The summed E-state index contributed by atoms with van der Waals surface area (Å²) >= 11 is 0. The van der Waals surface area contributed by atoms with Crippen LogP contribution in [0.1, 0.15) is 31.2 Å². The lowest BCUT2D eigenvalue weighted by molar-refractivity contribution is 0.287. The Kier molecular flexibility index (Phi) is 1.88. The Balaban J connectivity index is 1.99. The average Bonchev–Trinajstić information content (AvgIpc) is 2.99. The minimum atomic E-state index is 0.376. The van der Waals surface area contributed by atoms with Gasteiger partial charge in [-0.25, -0.2) is 0 Å². The van der Waals surface area contributed by atoms with Crippen molar-refractivity contribution in [1.82, 2.24) is 0 Å². The first-order valence-corrected chi connectivity index (χ1v) is 5.59. The zero-order chi connectivity index (χ0) is 9.43. The van der Waals surface area contributed by atoms with Gasteiger partial charge in [-0.15, -0.1) is 0 Å². The van der Waals surface area contributed by atoms with Crippen LogP contribution in [0.2, 0.25) is 0 Å². The Morgan fingerprint density at radius 3 is 2.29 bits per heavy atom. The molecule has 1 heteroatoms. The smallest absolute Gasteiger partial charge is 0.0906 e. The topological polar surface area (TPSA) is 12.5 Å². The summed E-state index contributed by atoms with van der Waals surface area (Å²) in [6.07, 6.45) is 5.90. The monoisotopic (exact) mass is 188 g/mol. The molecule has 1 nitrogen and oxygen atoms in total. The first-order valence-electron chi connectivity index (χ1n) is 5.59. The molecule has 2 fully saturated rings. The molecule has 14 heavy (non-hydrogen) atoms. The maximum Gasteiger partial charge on any atom is 0.0906 e. The van der Waals surface area contributed by atoms with Crippen LogP contribution in [0.4, 0.5) is 0 Å². The van der Waals surface area contributed by atoms with Gasteiger partial charge in [-0.1, -0.05) is 43.2 Å². The molecule has 1 aromatic carbocycles. The van der Waals surface area contributed by atoms with Gasteiger partial charge >= 0.3 is 0 Å². The SMILES string of the molecule is c1ccc(C2([C@@H]3CO3)CCCC2)cc1. The molecule has 1 aliphatic carbocycles. The van der Waals surface area contributed by atoms with Crippen LogP contribution in [0.5, 0.6) is 0 Å². The summed E-state index contributed by atoms with van der Waals surface area (Å²) < 4.78 is 5.55. The lowest BCUT2D eigenvalue weighted by atomic mass is 9.76. The molecular formula is C13H16O. The highest BCUT2D eigenvalue weighted by Crippen LogP contribution is 2.48. The van der Waals surface area contributed by atoms with Crippen molar-refractivity contribution in [3.8, 4) is 0 Å². The van der Waals surface area contributed by atoms with Crippen molar-refractivity contribution in [3.05, 3.63) is 35.9 Å². The molecule has 2 aliphatic rings. The van der Waals surface area contributed by atoms with Crippen LogP contribution < -0.4 is 0 Å². The summed E-state index contributed by atoms with van der Waals surface area (Å²) in [6.45, 7) is 0.981. The minimum absolute atomic E-state index is 0.376. The molecule has 0 aromatic heterocycles. The summed E-state index contributed by atoms with van der Waals surface area (Å²) in [5.41, 5.74) is 1.88. The molecule has 3 rings (SSSR count). The third-order valence-corrected chi connectivity index (χ3v) is 3.79. The fraction of sp³-hybridized carbons (Fsp3) is 0.538. The van der Waals surface area contributed by atoms with Gasteiger partial charge in [-0.05, 0) is 18.4 Å². The van der Waals surface area contributed by atoms with Crippen LogP contribution in [0.15, 0.2) is 30.3 Å². The number of benzene rings is 1. The highest BCUT2D eigenvalue weighted by Gasteiger charge is 2.49. The third-order valence-electron chi connectivity index (χ3n) is 3.79. The van der Waals surface area contributed by atoms with Crippen LogP contribution in [0.3, 0.4) is 0 Å². The first-order chi connectivity index (χ1) is 6.92. The molecule has 1 atom stereocenters. The van der Waals surface area contributed by atoms with Crippen LogP contribution in [0.25, 0.3) is 0 Å². The quantitative estimate of drug-likeness (QED) is 0.650. The Hall–Kier alpha value is -0.820. The molecule has 0 spiro atoms. The molecule has 1 saturated heterocycles. The molecule has 0 amide bonds. The van der Waals surface area contributed by atoms with Crippen molar-refractivity contribution in [2.24, 2.45) is 0 Å².